The van der Waals surface area contributed by atoms with Gasteiger partial charge in [0, 0.05) is 12.3 Å². The van der Waals surface area contributed by atoms with Gasteiger partial charge in [-0.2, -0.15) is 0 Å². The molecular formula is C10H24N2OSi. The fraction of sp³-hybridized carbons (Fsp3) is 1.00. The lowest BCUT2D eigenvalue weighted by atomic mass is 10.2. The van der Waals surface area contributed by atoms with Crippen molar-refractivity contribution in [1.82, 2.24) is 5.32 Å². The summed E-state index contributed by atoms with van der Waals surface area (Å²) in [5.74, 6) is 0.635. The molecule has 1 aliphatic rings. The highest BCUT2D eigenvalue weighted by atomic mass is 28.3. The van der Waals surface area contributed by atoms with Gasteiger partial charge in [0.2, 0.25) is 0 Å². The van der Waals surface area contributed by atoms with Crippen molar-refractivity contribution >= 4 is 9.04 Å². The molecule has 84 valence electrons. The van der Waals surface area contributed by atoms with E-state index in [4.69, 9.17) is 10.2 Å². The first-order valence-corrected chi connectivity index (χ1v) is 7.70. The molecule has 1 heterocycles. The van der Waals surface area contributed by atoms with E-state index in [1.807, 2.05) is 6.92 Å². The lowest BCUT2D eigenvalue weighted by Crippen LogP contribution is -2.54. The van der Waals surface area contributed by atoms with Crippen LogP contribution in [0.4, 0.5) is 0 Å². The minimum absolute atomic E-state index is 0.0837. The molecule has 0 aromatic carbocycles. The van der Waals surface area contributed by atoms with Crippen molar-refractivity contribution < 1.29 is 4.43 Å². The highest BCUT2D eigenvalue weighted by Crippen LogP contribution is 2.18. The molecule has 0 aliphatic carbocycles. The predicted molar refractivity (Wildman–Crippen MR) is 62.6 cm³/mol. The van der Waals surface area contributed by atoms with E-state index in [1.54, 1.807) is 0 Å². The first-order valence-electron chi connectivity index (χ1n) is 5.74. The summed E-state index contributed by atoms with van der Waals surface area (Å²) < 4.78 is 5.92. The highest BCUT2D eigenvalue weighted by Gasteiger charge is 2.29. The molecule has 0 radical (unpaired) electrons. The summed E-state index contributed by atoms with van der Waals surface area (Å²) in [7, 11) is -1.05. The van der Waals surface area contributed by atoms with E-state index in [0.29, 0.717) is 11.6 Å². The number of hydrogen-bond donors (Lipinski definition) is 2. The van der Waals surface area contributed by atoms with Crippen LogP contribution in [0.3, 0.4) is 0 Å². The van der Waals surface area contributed by atoms with Gasteiger partial charge < -0.3 is 10.2 Å². The Morgan fingerprint density at radius 2 is 2.00 bits per heavy atom. The second kappa shape index (κ2) is 5.85. The van der Waals surface area contributed by atoms with Crippen LogP contribution in [0.1, 0.15) is 33.6 Å². The molecule has 3 unspecified atom stereocenters. The lowest BCUT2D eigenvalue weighted by molar-refractivity contribution is 0.262. The fourth-order valence-corrected chi connectivity index (χ4v) is 5.35. The topological polar surface area (TPSA) is 47.3 Å². The van der Waals surface area contributed by atoms with Crippen LogP contribution in [0.25, 0.3) is 0 Å². The van der Waals surface area contributed by atoms with Crippen LogP contribution in [0.2, 0.25) is 6.04 Å². The van der Waals surface area contributed by atoms with Gasteiger partial charge in [0.1, 0.15) is 0 Å². The summed E-state index contributed by atoms with van der Waals surface area (Å²) in [6.07, 6.45) is 2.67. The molecule has 0 aromatic heterocycles. The minimum atomic E-state index is -1.05. The highest BCUT2D eigenvalue weighted by molar-refractivity contribution is 6.54. The van der Waals surface area contributed by atoms with Crippen molar-refractivity contribution in [3.05, 3.63) is 0 Å². The Labute approximate surface area is 89.1 Å². The number of hydrogen-bond acceptors (Lipinski definition) is 3. The van der Waals surface area contributed by atoms with Gasteiger partial charge in [0.15, 0.2) is 9.04 Å². The Hall–Kier alpha value is 0.0969. The third kappa shape index (κ3) is 3.69. The van der Waals surface area contributed by atoms with Crippen LogP contribution >= 0.6 is 0 Å². The summed E-state index contributed by atoms with van der Waals surface area (Å²) in [6, 6.07) is 1.31. The molecule has 0 saturated carbocycles. The van der Waals surface area contributed by atoms with E-state index in [9.17, 15) is 0 Å². The summed E-state index contributed by atoms with van der Waals surface area (Å²) in [4.78, 5) is 0. The van der Waals surface area contributed by atoms with Gasteiger partial charge >= 0.3 is 0 Å². The predicted octanol–water partition coefficient (Wildman–Crippen LogP) is 0.979. The zero-order chi connectivity index (χ0) is 10.6. The van der Waals surface area contributed by atoms with E-state index < -0.39 is 9.04 Å². The van der Waals surface area contributed by atoms with Gasteiger partial charge in [0.05, 0.1) is 6.17 Å². The van der Waals surface area contributed by atoms with Crippen molar-refractivity contribution in [2.75, 3.05) is 6.61 Å². The summed E-state index contributed by atoms with van der Waals surface area (Å²) in [5, 5.41) is 3.46. The molecule has 1 aliphatic heterocycles. The third-order valence-electron chi connectivity index (χ3n) is 2.79. The SMILES string of the molecule is CC(N)NC(C(C)C)[SiH]1CCCCO1. The van der Waals surface area contributed by atoms with Crippen LogP contribution in [-0.2, 0) is 4.43 Å². The molecular weight excluding hydrogens is 192 g/mol. The Morgan fingerprint density at radius 3 is 2.43 bits per heavy atom. The van der Waals surface area contributed by atoms with Crippen molar-refractivity contribution in [2.45, 2.75) is 51.5 Å². The van der Waals surface area contributed by atoms with Crippen molar-refractivity contribution in [3.63, 3.8) is 0 Å². The molecule has 0 amide bonds. The number of rotatable bonds is 4. The molecule has 0 bridgehead atoms. The maximum absolute atomic E-state index is 5.92. The van der Waals surface area contributed by atoms with Gasteiger partial charge in [-0.25, -0.2) is 0 Å². The van der Waals surface area contributed by atoms with Crippen LogP contribution in [-0.4, -0.2) is 27.5 Å². The monoisotopic (exact) mass is 216 g/mol. The molecule has 1 fully saturated rings. The Morgan fingerprint density at radius 1 is 1.29 bits per heavy atom. The molecule has 1 rings (SSSR count). The smallest absolute Gasteiger partial charge is 0.193 e. The standard InChI is InChI=1S/C10H24N2OSi/c1-8(2)10(12-9(3)11)14-7-5-4-6-13-14/h8-10,12,14H,4-7,11H2,1-3H3. The average Bonchev–Trinajstić information content (AvgIpc) is 2.15. The Balaban J connectivity index is 2.47. The van der Waals surface area contributed by atoms with Crippen molar-refractivity contribution in [1.29, 1.82) is 0 Å². The van der Waals surface area contributed by atoms with E-state index in [0.717, 1.165) is 6.61 Å². The summed E-state index contributed by atoms with van der Waals surface area (Å²) in [6.45, 7) is 7.49. The zero-order valence-corrected chi connectivity index (χ0v) is 10.8. The second-order valence-corrected chi connectivity index (χ2v) is 7.34. The summed E-state index contributed by atoms with van der Waals surface area (Å²) >= 11 is 0. The van der Waals surface area contributed by atoms with Crippen LogP contribution in [0.15, 0.2) is 0 Å². The quantitative estimate of drug-likeness (QED) is 0.544. The Kier molecular flexibility index (Phi) is 5.09. The molecule has 0 spiro atoms. The van der Waals surface area contributed by atoms with E-state index in [2.05, 4.69) is 19.2 Å². The average molecular weight is 216 g/mol. The Bertz CT molecular complexity index is 158. The normalized spacial score (nSPS) is 27.6. The largest absolute Gasteiger partial charge is 0.418 e. The molecule has 4 heteroatoms. The zero-order valence-electron chi connectivity index (χ0n) is 9.62. The third-order valence-corrected chi connectivity index (χ3v) is 6.19. The van der Waals surface area contributed by atoms with E-state index in [1.165, 1.54) is 18.9 Å². The van der Waals surface area contributed by atoms with Gasteiger partial charge in [-0.1, -0.05) is 20.3 Å². The molecule has 14 heavy (non-hydrogen) atoms. The molecule has 3 N–H and O–H groups in total. The van der Waals surface area contributed by atoms with Crippen LogP contribution in [0.5, 0.6) is 0 Å². The molecule has 3 atom stereocenters. The molecule has 0 aromatic rings. The number of nitrogens with one attached hydrogen (secondary N) is 1. The van der Waals surface area contributed by atoms with Crippen molar-refractivity contribution in [2.24, 2.45) is 11.7 Å². The van der Waals surface area contributed by atoms with Crippen LogP contribution in [0, 0.1) is 5.92 Å². The fourth-order valence-electron chi connectivity index (χ4n) is 2.08. The minimum Gasteiger partial charge on any atom is -0.418 e. The van der Waals surface area contributed by atoms with Crippen LogP contribution < -0.4 is 11.1 Å². The maximum atomic E-state index is 5.92. The van der Waals surface area contributed by atoms with Gasteiger partial charge in [-0.05, 0) is 25.3 Å². The molecule has 3 nitrogen and oxygen atoms in total. The number of nitrogens with two attached hydrogens (primary N) is 1. The second-order valence-electron chi connectivity index (χ2n) is 4.63. The van der Waals surface area contributed by atoms with Gasteiger partial charge in [0.25, 0.3) is 0 Å². The summed E-state index contributed by atoms with van der Waals surface area (Å²) in [5.41, 5.74) is 6.33. The first kappa shape index (κ1) is 12.2. The van der Waals surface area contributed by atoms with E-state index in [-0.39, 0.29) is 6.17 Å². The molecule has 1 saturated heterocycles. The maximum Gasteiger partial charge on any atom is 0.193 e. The van der Waals surface area contributed by atoms with Crippen molar-refractivity contribution in [3.8, 4) is 0 Å². The van der Waals surface area contributed by atoms with Gasteiger partial charge in [-0.3, -0.25) is 5.32 Å². The first-order chi connectivity index (χ1) is 6.61. The van der Waals surface area contributed by atoms with E-state index >= 15 is 0 Å². The lowest BCUT2D eigenvalue weighted by Gasteiger charge is -2.33. The van der Waals surface area contributed by atoms with Gasteiger partial charge in [-0.15, -0.1) is 0 Å².